The Labute approximate surface area is 131 Å². The third kappa shape index (κ3) is 4.62. The molecule has 0 saturated carbocycles. The minimum Gasteiger partial charge on any atom is -0.497 e. The van der Waals surface area contributed by atoms with Crippen molar-refractivity contribution in [2.24, 2.45) is 0 Å². The van der Waals surface area contributed by atoms with Crippen LogP contribution in [0.25, 0.3) is 0 Å². The van der Waals surface area contributed by atoms with Crippen LogP contribution in [0.15, 0.2) is 30.3 Å². The Balaban J connectivity index is 1.70. The highest BCUT2D eigenvalue weighted by molar-refractivity contribution is 5.78. The van der Waals surface area contributed by atoms with Gasteiger partial charge >= 0.3 is 0 Å². The Morgan fingerprint density at radius 1 is 1.27 bits per heavy atom. The predicted molar refractivity (Wildman–Crippen MR) is 86.0 cm³/mol. The number of methoxy groups -OCH3 is 1. The number of benzene rings is 1. The number of aryl methyl sites for hydroxylation is 3. The minimum absolute atomic E-state index is 0.0403. The van der Waals surface area contributed by atoms with Crippen LogP contribution in [-0.2, 0) is 17.8 Å². The molecule has 5 nitrogen and oxygen atoms in total. The third-order valence-corrected chi connectivity index (χ3v) is 3.50. The van der Waals surface area contributed by atoms with E-state index in [9.17, 15) is 4.79 Å². The number of ether oxygens (including phenoxy) is 1. The average molecular weight is 301 g/mol. The van der Waals surface area contributed by atoms with E-state index in [1.54, 1.807) is 7.11 Å². The van der Waals surface area contributed by atoms with Gasteiger partial charge in [-0.05, 0) is 44.0 Å². The van der Waals surface area contributed by atoms with Gasteiger partial charge in [-0.2, -0.15) is 5.10 Å². The lowest BCUT2D eigenvalue weighted by atomic mass is 10.1. The number of rotatable bonds is 7. The van der Waals surface area contributed by atoms with Crippen LogP contribution in [0.4, 0.5) is 0 Å². The molecule has 1 aromatic heterocycles. The molecule has 22 heavy (non-hydrogen) atoms. The van der Waals surface area contributed by atoms with E-state index < -0.39 is 0 Å². The van der Waals surface area contributed by atoms with Crippen LogP contribution in [-0.4, -0.2) is 29.3 Å². The molecule has 0 bridgehead atoms. The van der Waals surface area contributed by atoms with E-state index in [1.165, 1.54) is 0 Å². The molecule has 1 N–H and O–H groups in total. The van der Waals surface area contributed by atoms with Gasteiger partial charge in [-0.3, -0.25) is 9.48 Å². The van der Waals surface area contributed by atoms with Gasteiger partial charge in [0.25, 0.3) is 0 Å². The van der Waals surface area contributed by atoms with Crippen LogP contribution in [0.3, 0.4) is 0 Å². The van der Waals surface area contributed by atoms with Crippen molar-refractivity contribution >= 4 is 5.91 Å². The van der Waals surface area contributed by atoms with Gasteiger partial charge < -0.3 is 10.1 Å². The van der Waals surface area contributed by atoms with E-state index in [4.69, 9.17) is 4.74 Å². The fraction of sp³-hybridized carbons (Fsp3) is 0.412. The number of hydrogen-bond donors (Lipinski definition) is 1. The van der Waals surface area contributed by atoms with Crippen molar-refractivity contribution in [3.8, 4) is 5.75 Å². The number of aromatic nitrogens is 2. The molecule has 118 valence electrons. The lowest BCUT2D eigenvalue weighted by molar-refractivity contribution is -0.120. The molecule has 0 unspecified atom stereocenters. The Bertz CT molecular complexity index is 617. The van der Waals surface area contributed by atoms with E-state index in [0.29, 0.717) is 13.0 Å². The highest BCUT2D eigenvalue weighted by atomic mass is 16.5. The van der Waals surface area contributed by atoms with Crippen LogP contribution in [0.1, 0.15) is 23.4 Å². The number of amides is 1. The lowest BCUT2D eigenvalue weighted by Crippen LogP contribution is -2.27. The fourth-order valence-electron chi connectivity index (χ4n) is 2.35. The first-order valence-corrected chi connectivity index (χ1v) is 7.49. The summed E-state index contributed by atoms with van der Waals surface area (Å²) in [5.41, 5.74) is 3.17. The number of hydrogen-bond acceptors (Lipinski definition) is 3. The molecule has 2 rings (SSSR count). The van der Waals surface area contributed by atoms with Crippen molar-refractivity contribution in [3.05, 3.63) is 47.3 Å². The summed E-state index contributed by atoms with van der Waals surface area (Å²) in [7, 11) is 1.63. The molecule has 0 spiro atoms. The second-order valence-electron chi connectivity index (χ2n) is 5.38. The Kier molecular flexibility index (Phi) is 5.58. The maximum atomic E-state index is 11.9. The molecule has 0 radical (unpaired) electrons. The average Bonchev–Trinajstić information content (AvgIpc) is 2.82. The molecule has 1 amide bonds. The number of nitrogens with zero attached hydrogens (tertiary/aromatic N) is 2. The summed E-state index contributed by atoms with van der Waals surface area (Å²) >= 11 is 0. The zero-order valence-electron chi connectivity index (χ0n) is 13.4. The van der Waals surface area contributed by atoms with Gasteiger partial charge in [0.1, 0.15) is 5.75 Å². The summed E-state index contributed by atoms with van der Waals surface area (Å²) in [5, 5.41) is 7.35. The highest BCUT2D eigenvalue weighted by Crippen LogP contribution is 2.11. The van der Waals surface area contributed by atoms with E-state index in [1.807, 2.05) is 42.8 Å². The normalized spacial score (nSPS) is 10.5. The van der Waals surface area contributed by atoms with Gasteiger partial charge in [-0.15, -0.1) is 0 Å². The van der Waals surface area contributed by atoms with E-state index in [-0.39, 0.29) is 5.91 Å². The molecule has 0 aliphatic carbocycles. The summed E-state index contributed by atoms with van der Waals surface area (Å²) in [5.74, 6) is 0.840. The summed E-state index contributed by atoms with van der Waals surface area (Å²) in [4.78, 5) is 11.9. The van der Waals surface area contributed by atoms with Crippen LogP contribution in [0.5, 0.6) is 5.75 Å². The summed E-state index contributed by atoms with van der Waals surface area (Å²) < 4.78 is 7.08. The lowest BCUT2D eigenvalue weighted by Gasteiger charge is -2.07. The zero-order valence-corrected chi connectivity index (χ0v) is 13.4. The molecule has 0 saturated heterocycles. The second kappa shape index (κ2) is 7.64. The first-order valence-electron chi connectivity index (χ1n) is 7.49. The predicted octanol–water partition coefficient (Wildman–Crippen LogP) is 2.26. The quantitative estimate of drug-likeness (QED) is 0.798. The summed E-state index contributed by atoms with van der Waals surface area (Å²) in [6.45, 7) is 5.51. The topological polar surface area (TPSA) is 56.1 Å². The molecule has 1 aromatic carbocycles. The SMILES string of the molecule is COc1ccc(CC(=O)NCCCn2nc(C)cc2C)cc1. The fourth-order valence-corrected chi connectivity index (χ4v) is 2.35. The highest BCUT2D eigenvalue weighted by Gasteiger charge is 2.04. The van der Waals surface area contributed by atoms with Gasteiger partial charge in [0.05, 0.1) is 19.2 Å². The molecule has 0 fully saturated rings. The second-order valence-corrected chi connectivity index (χ2v) is 5.38. The Hall–Kier alpha value is -2.30. The van der Waals surface area contributed by atoms with Crippen LogP contribution in [0, 0.1) is 13.8 Å². The summed E-state index contributed by atoms with van der Waals surface area (Å²) in [6, 6.07) is 9.61. The van der Waals surface area contributed by atoms with Crippen molar-refractivity contribution in [3.63, 3.8) is 0 Å². The largest absolute Gasteiger partial charge is 0.497 e. The monoisotopic (exact) mass is 301 g/mol. The molecule has 2 aromatic rings. The van der Waals surface area contributed by atoms with Gasteiger partial charge in [0.2, 0.25) is 5.91 Å². The Morgan fingerprint density at radius 2 is 2.00 bits per heavy atom. The molecule has 0 aliphatic heterocycles. The van der Waals surface area contributed by atoms with Gasteiger partial charge in [0.15, 0.2) is 0 Å². The van der Waals surface area contributed by atoms with Crippen molar-refractivity contribution in [1.29, 1.82) is 0 Å². The molecule has 5 heteroatoms. The first-order chi connectivity index (χ1) is 10.6. The van der Waals surface area contributed by atoms with Gasteiger partial charge in [0, 0.05) is 18.8 Å². The molecular formula is C17H23N3O2. The number of carbonyl (C=O) groups is 1. The van der Waals surface area contributed by atoms with Crippen molar-refractivity contribution < 1.29 is 9.53 Å². The van der Waals surface area contributed by atoms with E-state index in [2.05, 4.69) is 16.5 Å². The summed E-state index contributed by atoms with van der Waals surface area (Å²) in [6.07, 6.45) is 1.26. The smallest absolute Gasteiger partial charge is 0.224 e. The van der Waals surface area contributed by atoms with Crippen molar-refractivity contribution in [1.82, 2.24) is 15.1 Å². The van der Waals surface area contributed by atoms with E-state index in [0.717, 1.165) is 35.7 Å². The number of carbonyl (C=O) groups excluding carboxylic acids is 1. The Morgan fingerprint density at radius 3 is 2.59 bits per heavy atom. The van der Waals surface area contributed by atoms with Crippen LogP contribution >= 0.6 is 0 Å². The maximum Gasteiger partial charge on any atom is 0.224 e. The third-order valence-electron chi connectivity index (χ3n) is 3.50. The van der Waals surface area contributed by atoms with Gasteiger partial charge in [-0.1, -0.05) is 12.1 Å². The minimum atomic E-state index is 0.0403. The molecule has 0 aliphatic rings. The van der Waals surface area contributed by atoms with Crippen LogP contribution in [0.2, 0.25) is 0 Å². The van der Waals surface area contributed by atoms with Gasteiger partial charge in [-0.25, -0.2) is 0 Å². The molecular weight excluding hydrogens is 278 g/mol. The maximum absolute atomic E-state index is 11.9. The standard InChI is InChI=1S/C17H23N3O2/c1-13-11-14(2)20(19-13)10-4-9-18-17(21)12-15-5-7-16(22-3)8-6-15/h5-8,11H,4,9-10,12H2,1-3H3,(H,18,21). The molecule has 0 atom stereocenters. The first kappa shape index (κ1) is 16.1. The molecule has 1 heterocycles. The van der Waals surface area contributed by atoms with Crippen molar-refractivity contribution in [2.75, 3.05) is 13.7 Å². The van der Waals surface area contributed by atoms with Crippen molar-refractivity contribution in [2.45, 2.75) is 33.2 Å². The van der Waals surface area contributed by atoms with Crippen LogP contribution < -0.4 is 10.1 Å². The number of nitrogens with one attached hydrogen (secondary N) is 1. The zero-order chi connectivity index (χ0) is 15.9. The van der Waals surface area contributed by atoms with E-state index >= 15 is 0 Å².